The summed E-state index contributed by atoms with van der Waals surface area (Å²) in [7, 11) is 1.03. The molecule has 0 spiro atoms. The average Bonchev–Trinajstić information content (AvgIpc) is 2.91. The largest absolute Gasteiger partial charge is 0.573 e. The minimum absolute atomic E-state index is 0.00397. The molecule has 0 atom stereocenters. The highest BCUT2D eigenvalue weighted by Gasteiger charge is 2.32. The minimum Gasteiger partial charge on any atom is -0.497 e. The lowest BCUT2D eigenvalue weighted by Crippen LogP contribution is -2.38. The number of carbonyl (C=O) groups is 1. The van der Waals surface area contributed by atoms with Crippen molar-refractivity contribution in [2.24, 2.45) is 0 Å². The second-order valence-corrected chi connectivity index (χ2v) is 9.55. The van der Waals surface area contributed by atoms with Crippen molar-refractivity contribution < 1.29 is 50.1 Å². The van der Waals surface area contributed by atoms with Gasteiger partial charge >= 0.3 is 6.36 Å². The minimum atomic E-state index is -4.88. The molecule has 0 aromatic heterocycles. The molecule has 0 saturated carbocycles. The second-order valence-electron chi connectivity index (χ2n) is 7.69. The van der Waals surface area contributed by atoms with Crippen LogP contribution in [0.1, 0.15) is 0 Å². The van der Waals surface area contributed by atoms with Crippen LogP contribution in [0.2, 0.25) is 0 Å². The van der Waals surface area contributed by atoms with Crippen LogP contribution in [0, 0.1) is 0 Å². The van der Waals surface area contributed by atoms with Gasteiger partial charge in [0.1, 0.15) is 23.8 Å². The van der Waals surface area contributed by atoms with Gasteiger partial charge in [0.25, 0.3) is 10.0 Å². The van der Waals surface area contributed by atoms with Crippen LogP contribution in [-0.4, -0.2) is 55.7 Å². The van der Waals surface area contributed by atoms with Crippen molar-refractivity contribution in [3.05, 3.63) is 60.7 Å². The van der Waals surface area contributed by atoms with E-state index >= 15 is 0 Å². The Bertz CT molecular complexity index is 1410. The van der Waals surface area contributed by atoms with Crippen molar-refractivity contribution in [2.45, 2.75) is 11.3 Å². The molecule has 10 nitrogen and oxygen atoms in total. The van der Waals surface area contributed by atoms with Crippen LogP contribution in [0.4, 0.5) is 24.5 Å². The molecule has 39 heavy (non-hydrogen) atoms. The molecule has 14 heteroatoms. The smallest absolute Gasteiger partial charge is 0.497 e. The first-order valence-electron chi connectivity index (χ1n) is 11.0. The van der Waals surface area contributed by atoms with Crippen molar-refractivity contribution in [3.8, 4) is 28.7 Å². The molecule has 0 aliphatic rings. The Morgan fingerprint density at radius 3 is 1.95 bits per heavy atom. The lowest BCUT2D eigenvalue weighted by atomic mass is 10.2. The van der Waals surface area contributed by atoms with Gasteiger partial charge in [0.15, 0.2) is 11.5 Å². The van der Waals surface area contributed by atoms with E-state index in [2.05, 4.69) is 10.1 Å². The third-order valence-electron chi connectivity index (χ3n) is 5.26. The lowest BCUT2D eigenvalue weighted by molar-refractivity contribution is -0.274. The fourth-order valence-electron chi connectivity index (χ4n) is 3.47. The van der Waals surface area contributed by atoms with Gasteiger partial charge in [-0.15, -0.1) is 13.2 Å². The monoisotopic (exact) mass is 570 g/mol. The molecule has 0 radical (unpaired) electrons. The van der Waals surface area contributed by atoms with Gasteiger partial charge in [-0.1, -0.05) is 0 Å². The number of anilines is 2. The summed E-state index contributed by atoms with van der Waals surface area (Å²) >= 11 is 0. The fourth-order valence-corrected chi connectivity index (χ4v) is 4.91. The van der Waals surface area contributed by atoms with E-state index in [1.807, 2.05) is 0 Å². The van der Waals surface area contributed by atoms with Crippen LogP contribution in [0.3, 0.4) is 0 Å². The number of halogens is 3. The number of hydrogen-bond donors (Lipinski definition) is 1. The molecule has 0 saturated heterocycles. The summed E-state index contributed by atoms with van der Waals surface area (Å²) < 4.78 is 90.6. The molecule has 3 aromatic rings. The third-order valence-corrected chi connectivity index (χ3v) is 7.01. The molecule has 210 valence electrons. The van der Waals surface area contributed by atoms with Gasteiger partial charge in [-0.25, -0.2) is 8.42 Å². The number of benzene rings is 3. The van der Waals surface area contributed by atoms with Crippen LogP contribution in [0.5, 0.6) is 28.7 Å². The van der Waals surface area contributed by atoms with Crippen molar-refractivity contribution in [1.82, 2.24) is 0 Å². The highest BCUT2D eigenvalue weighted by molar-refractivity contribution is 7.92. The number of hydrogen-bond acceptors (Lipinski definition) is 8. The number of ether oxygens (including phenoxy) is 5. The second kappa shape index (κ2) is 12.0. The average molecular weight is 571 g/mol. The number of alkyl halides is 3. The summed E-state index contributed by atoms with van der Waals surface area (Å²) in [6.45, 7) is -0.735. The number of sulfonamides is 1. The topological polar surface area (TPSA) is 113 Å². The summed E-state index contributed by atoms with van der Waals surface area (Å²) in [5.74, 6) is -0.438. The van der Waals surface area contributed by atoms with E-state index in [1.165, 1.54) is 70.9 Å². The molecular formula is C25H25F3N2O8S. The van der Waals surface area contributed by atoms with Gasteiger partial charge in [0.05, 0.1) is 39.0 Å². The quantitative estimate of drug-likeness (QED) is 0.360. The molecule has 3 aromatic carbocycles. The molecule has 0 heterocycles. The predicted molar refractivity (Wildman–Crippen MR) is 135 cm³/mol. The Kier molecular flexibility index (Phi) is 9.01. The SMILES string of the molecule is COc1ccc(OC)c(N(CC(=O)Nc2ccc(OC(F)(F)F)cc2)S(=O)(=O)c2ccc(OC)c(OC)c2)c1. The Balaban J connectivity index is 2.00. The van der Waals surface area contributed by atoms with E-state index in [1.54, 1.807) is 6.07 Å². The number of rotatable bonds is 11. The number of carbonyl (C=O) groups excluding carboxylic acids is 1. The predicted octanol–water partition coefficient (Wildman–Crippen LogP) is 4.45. The maximum absolute atomic E-state index is 13.9. The Hall–Kier alpha value is -4.33. The summed E-state index contributed by atoms with van der Waals surface area (Å²) in [5, 5.41) is 2.46. The zero-order valence-corrected chi connectivity index (χ0v) is 22.1. The lowest BCUT2D eigenvalue weighted by Gasteiger charge is -2.26. The highest BCUT2D eigenvalue weighted by Crippen LogP contribution is 2.37. The van der Waals surface area contributed by atoms with Crippen LogP contribution in [0.25, 0.3) is 0 Å². The molecule has 1 N–H and O–H groups in total. The van der Waals surface area contributed by atoms with Gasteiger partial charge in [0, 0.05) is 17.8 Å². The van der Waals surface area contributed by atoms with Crippen LogP contribution >= 0.6 is 0 Å². The van der Waals surface area contributed by atoms with E-state index in [9.17, 15) is 26.4 Å². The van der Waals surface area contributed by atoms with Crippen molar-refractivity contribution in [2.75, 3.05) is 44.6 Å². The van der Waals surface area contributed by atoms with E-state index in [0.717, 1.165) is 16.4 Å². The number of methoxy groups -OCH3 is 4. The van der Waals surface area contributed by atoms with Crippen molar-refractivity contribution >= 4 is 27.3 Å². The molecule has 3 rings (SSSR count). The van der Waals surface area contributed by atoms with Crippen LogP contribution in [0.15, 0.2) is 65.6 Å². The first kappa shape index (κ1) is 29.2. The number of nitrogens with zero attached hydrogens (tertiary/aromatic N) is 1. The van der Waals surface area contributed by atoms with Gasteiger partial charge < -0.3 is 29.0 Å². The molecule has 0 unspecified atom stereocenters. The van der Waals surface area contributed by atoms with Crippen LogP contribution < -0.4 is 33.3 Å². The van der Waals surface area contributed by atoms with E-state index < -0.39 is 34.6 Å². The fraction of sp³-hybridized carbons (Fsp3) is 0.240. The summed E-state index contributed by atoms with van der Waals surface area (Å²) in [5.41, 5.74) is 0.103. The Labute approximate surface area is 222 Å². The van der Waals surface area contributed by atoms with Crippen molar-refractivity contribution in [3.63, 3.8) is 0 Å². The highest BCUT2D eigenvalue weighted by atomic mass is 32.2. The normalized spacial score (nSPS) is 11.4. The third kappa shape index (κ3) is 7.16. The van der Waals surface area contributed by atoms with Gasteiger partial charge in [-0.2, -0.15) is 0 Å². The standard InChI is InChI=1S/C25H25F3N2O8S/c1-34-18-9-11-21(35-2)20(13-18)30(39(32,33)19-10-12-22(36-3)23(14-19)37-4)15-24(31)29-16-5-7-17(8-6-16)38-25(26,27)28/h5-14H,15H2,1-4H3,(H,29,31). The zero-order chi connectivity index (χ0) is 28.8. The van der Waals surface area contributed by atoms with Gasteiger partial charge in [-0.05, 0) is 48.5 Å². The summed E-state index contributed by atoms with van der Waals surface area (Å²) in [6.07, 6.45) is -4.88. The van der Waals surface area contributed by atoms with Gasteiger partial charge in [0.2, 0.25) is 5.91 Å². The van der Waals surface area contributed by atoms with Crippen LogP contribution in [-0.2, 0) is 14.8 Å². The van der Waals surface area contributed by atoms with Crippen molar-refractivity contribution in [1.29, 1.82) is 0 Å². The molecule has 0 bridgehead atoms. The molecule has 1 amide bonds. The van der Waals surface area contributed by atoms with E-state index in [4.69, 9.17) is 18.9 Å². The molecule has 0 aliphatic carbocycles. The molecule has 0 aliphatic heterocycles. The van der Waals surface area contributed by atoms with Gasteiger partial charge in [-0.3, -0.25) is 9.10 Å². The first-order chi connectivity index (χ1) is 18.4. The maximum atomic E-state index is 13.9. The molecule has 0 fully saturated rings. The number of amides is 1. The summed E-state index contributed by atoms with van der Waals surface area (Å²) in [4.78, 5) is 12.8. The maximum Gasteiger partial charge on any atom is 0.573 e. The molecular weight excluding hydrogens is 545 g/mol. The Morgan fingerprint density at radius 2 is 1.38 bits per heavy atom. The zero-order valence-electron chi connectivity index (χ0n) is 21.2. The Morgan fingerprint density at radius 1 is 0.795 bits per heavy atom. The number of nitrogens with one attached hydrogen (secondary N) is 1. The van der Waals surface area contributed by atoms with E-state index in [0.29, 0.717) is 5.75 Å². The first-order valence-corrected chi connectivity index (χ1v) is 12.5. The summed E-state index contributed by atoms with van der Waals surface area (Å²) in [6, 6.07) is 12.7. The van der Waals surface area contributed by atoms with E-state index in [-0.39, 0.29) is 33.5 Å².